The van der Waals surface area contributed by atoms with E-state index in [2.05, 4.69) is 6.92 Å². The highest BCUT2D eigenvalue weighted by molar-refractivity contribution is 5.70. The maximum Gasteiger partial charge on any atom is 0.306 e. The first-order valence-electron chi connectivity index (χ1n) is 7.39. The van der Waals surface area contributed by atoms with Crippen molar-refractivity contribution in [3.8, 4) is 0 Å². The molecule has 0 amide bonds. The molecule has 0 aliphatic rings. The molecule has 2 atom stereocenters. The van der Waals surface area contributed by atoms with Crippen LogP contribution in [0.25, 0.3) is 0 Å². The first-order chi connectivity index (χ1) is 8.94. The predicted molar refractivity (Wildman–Crippen MR) is 77.3 cm³/mol. The molecule has 0 aromatic heterocycles. The lowest BCUT2D eigenvalue weighted by atomic mass is 10.00. The Balaban J connectivity index is 0. The highest BCUT2D eigenvalue weighted by Crippen LogP contribution is 2.11. The van der Waals surface area contributed by atoms with Gasteiger partial charge in [0, 0.05) is 0 Å². The largest absolute Gasteiger partial charge is 0.481 e. The van der Waals surface area contributed by atoms with E-state index in [9.17, 15) is 9.59 Å². The third kappa shape index (κ3) is 11.7. The third-order valence-electron chi connectivity index (χ3n) is 3.23. The topological polar surface area (TPSA) is 74.6 Å². The van der Waals surface area contributed by atoms with E-state index in [0.29, 0.717) is 0 Å². The van der Waals surface area contributed by atoms with Crippen LogP contribution in [-0.4, -0.2) is 22.2 Å². The van der Waals surface area contributed by atoms with Crippen molar-refractivity contribution in [2.24, 2.45) is 11.8 Å². The Hall–Kier alpha value is -1.06. The van der Waals surface area contributed by atoms with E-state index in [-0.39, 0.29) is 11.8 Å². The molecule has 2 N–H and O–H groups in total. The summed E-state index contributed by atoms with van der Waals surface area (Å²) in [6, 6.07) is 0. The van der Waals surface area contributed by atoms with Crippen LogP contribution in [0.15, 0.2) is 0 Å². The highest BCUT2D eigenvalue weighted by Gasteiger charge is 2.13. The molecular formula is C15H30O4. The molecule has 0 aromatic rings. The summed E-state index contributed by atoms with van der Waals surface area (Å²) < 4.78 is 0. The number of hydrogen-bond acceptors (Lipinski definition) is 2. The van der Waals surface area contributed by atoms with Gasteiger partial charge in [0.2, 0.25) is 0 Å². The Morgan fingerprint density at radius 1 is 0.789 bits per heavy atom. The van der Waals surface area contributed by atoms with Crippen molar-refractivity contribution in [3.05, 3.63) is 0 Å². The smallest absolute Gasteiger partial charge is 0.306 e. The van der Waals surface area contributed by atoms with E-state index in [4.69, 9.17) is 10.2 Å². The fraction of sp³-hybridized carbons (Fsp3) is 0.867. The van der Waals surface area contributed by atoms with E-state index >= 15 is 0 Å². The van der Waals surface area contributed by atoms with Crippen LogP contribution >= 0.6 is 0 Å². The van der Waals surface area contributed by atoms with E-state index in [1.165, 1.54) is 0 Å². The van der Waals surface area contributed by atoms with Gasteiger partial charge in [0.1, 0.15) is 0 Å². The summed E-state index contributed by atoms with van der Waals surface area (Å²) in [4.78, 5) is 20.8. The highest BCUT2D eigenvalue weighted by atomic mass is 16.4. The van der Waals surface area contributed by atoms with Gasteiger partial charge in [0.05, 0.1) is 11.8 Å². The molecule has 0 bridgehead atoms. The summed E-state index contributed by atoms with van der Waals surface area (Å²) >= 11 is 0. The van der Waals surface area contributed by atoms with Gasteiger partial charge in [-0.3, -0.25) is 9.59 Å². The summed E-state index contributed by atoms with van der Waals surface area (Å²) in [5, 5.41) is 17.1. The molecule has 0 saturated carbocycles. The molecule has 0 spiro atoms. The molecule has 19 heavy (non-hydrogen) atoms. The number of carboxylic acids is 2. The number of carboxylic acid groups (broad SMARTS) is 2. The lowest BCUT2D eigenvalue weighted by Crippen LogP contribution is -2.11. The number of hydrogen-bond donors (Lipinski definition) is 2. The summed E-state index contributed by atoms with van der Waals surface area (Å²) in [5.74, 6) is -1.52. The molecule has 0 saturated heterocycles. The van der Waals surface area contributed by atoms with Crippen molar-refractivity contribution >= 4 is 11.9 Å². The van der Waals surface area contributed by atoms with Gasteiger partial charge in [-0.05, 0) is 25.7 Å². The van der Waals surface area contributed by atoms with Gasteiger partial charge < -0.3 is 10.2 Å². The van der Waals surface area contributed by atoms with Crippen molar-refractivity contribution < 1.29 is 19.8 Å². The van der Waals surface area contributed by atoms with Gasteiger partial charge in [-0.2, -0.15) is 0 Å². The second-order valence-electron chi connectivity index (χ2n) is 4.82. The van der Waals surface area contributed by atoms with Crippen LogP contribution in [0, 0.1) is 11.8 Å². The van der Waals surface area contributed by atoms with Crippen molar-refractivity contribution in [2.45, 2.75) is 72.6 Å². The Labute approximate surface area is 117 Å². The molecule has 4 nitrogen and oxygen atoms in total. The molecule has 0 aliphatic heterocycles. The molecular weight excluding hydrogens is 244 g/mol. The van der Waals surface area contributed by atoms with Crippen LogP contribution in [0.4, 0.5) is 0 Å². The van der Waals surface area contributed by atoms with E-state index in [0.717, 1.165) is 44.9 Å². The second-order valence-corrected chi connectivity index (χ2v) is 4.82. The van der Waals surface area contributed by atoms with Crippen LogP contribution in [0.1, 0.15) is 72.6 Å². The minimum Gasteiger partial charge on any atom is -0.481 e. The lowest BCUT2D eigenvalue weighted by molar-refractivity contribution is -0.143. The summed E-state index contributed by atoms with van der Waals surface area (Å²) in [6.45, 7) is 7.92. The Kier molecular flexibility index (Phi) is 14.3. The molecule has 0 heterocycles. The minimum absolute atomic E-state index is 0.111. The maximum absolute atomic E-state index is 10.4. The second kappa shape index (κ2) is 13.4. The van der Waals surface area contributed by atoms with Crippen LogP contribution in [0.5, 0.6) is 0 Å². The van der Waals surface area contributed by atoms with Gasteiger partial charge in [0.25, 0.3) is 0 Å². The monoisotopic (exact) mass is 274 g/mol. The van der Waals surface area contributed by atoms with Crippen LogP contribution in [0.3, 0.4) is 0 Å². The summed E-state index contributed by atoms with van der Waals surface area (Å²) in [5.41, 5.74) is 0. The van der Waals surface area contributed by atoms with E-state index in [1.807, 2.05) is 20.8 Å². The maximum atomic E-state index is 10.4. The molecule has 0 rings (SSSR count). The molecule has 0 radical (unpaired) electrons. The van der Waals surface area contributed by atoms with E-state index in [1.54, 1.807) is 0 Å². The van der Waals surface area contributed by atoms with Gasteiger partial charge >= 0.3 is 11.9 Å². The molecule has 2 unspecified atom stereocenters. The van der Waals surface area contributed by atoms with E-state index < -0.39 is 11.9 Å². The Morgan fingerprint density at radius 2 is 1.21 bits per heavy atom. The SMILES string of the molecule is CCCC(CC)C(=O)O.CCCCC(CC)C(=O)O. The van der Waals surface area contributed by atoms with Crippen LogP contribution in [-0.2, 0) is 9.59 Å². The number of aliphatic carboxylic acids is 2. The van der Waals surface area contributed by atoms with Crippen molar-refractivity contribution in [1.29, 1.82) is 0 Å². The van der Waals surface area contributed by atoms with Gasteiger partial charge in [-0.1, -0.05) is 47.0 Å². The zero-order chi connectivity index (χ0) is 15.3. The molecule has 0 fully saturated rings. The standard InChI is InChI=1S/C8H16O2.C7H14O2/c1-3-5-6-7(4-2)8(9)10;1-3-5-6(4-2)7(8)9/h7H,3-6H2,1-2H3,(H,9,10);6H,3-5H2,1-2H3,(H,8,9). The normalized spacial score (nSPS) is 13.1. The first kappa shape index (κ1) is 20.3. The number of rotatable bonds is 9. The average molecular weight is 274 g/mol. The number of unbranched alkanes of at least 4 members (excludes halogenated alkanes) is 1. The lowest BCUT2D eigenvalue weighted by Gasteiger charge is -2.06. The summed E-state index contributed by atoms with van der Waals surface area (Å²) in [7, 11) is 0. The number of carbonyl (C=O) groups is 2. The average Bonchev–Trinajstić information content (AvgIpc) is 2.36. The third-order valence-corrected chi connectivity index (χ3v) is 3.23. The molecule has 0 aliphatic carbocycles. The quantitative estimate of drug-likeness (QED) is 0.661. The summed E-state index contributed by atoms with van der Waals surface area (Å²) in [6.07, 6.45) is 6.24. The van der Waals surface area contributed by atoms with Crippen molar-refractivity contribution in [1.82, 2.24) is 0 Å². The minimum atomic E-state index is -0.653. The molecule has 114 valence electrons. The fourth-order valence-electron chi connectivity index (χ4n) is 1.80. The molecule has 0 aromatic carbocycles. The first-order valence-corrected chi connectivity index (χ1v) is 7.39. The van der Waals surface area contributed by atoms with Crippen LogP contribution in [0.2, 0.25) is 0 Å². The van der Waals surface area contributed by atoms with Crippen LogP contribution < -0.4 is 0 Å². The fourth-order valence-corrected chi connectivity index (χ4v) is 1.80. The van der Waals surface area contributed by atoms with Gasteiger partial charge in [0.15, 0.2) is 0 Å². The zero-order valence-electron chi connectivity index (χ0n) is 12.8. The predicted octanol–water partition coefficient (Wildman–Crippen LogP) is 4.18. The molecule has 4 heteroatoms. The van der Waals surface area contributed by atoms with Gasteiger partial charge in [-0.15, -0.1) is 0 Å². The van der Waals surface area contributed by atoms with Crippen molar-refractivity contribution in [3.63, 3.8) is 0 Å². The van der Waals surface area contributed by atoms with Crippen molar-refractivity contribution in [2.75, 3.05) is 0 Å². The Bertz CT molecular complexity index is 238. The Morgan fingerprint density at radius 3 is 1.42 bits per heavy atom. The van der Waals surface area contributed by atoms with Gasteiger partial charge in [-0.25, -0.2) is 0 Å². The zero-order valence-corrected chi connectivity index (χ0v) is 12.8.